The molecule has 184 valence electrons. The number of halogens is 1. The Morgan fingerprint density at radius 3 is 2.54 bits per heavy atom. The fraction of sp³-hybridized carbons (Fsp3) is 0.429. The van der Waals surface area contributed by atoms with Crippen LogP contribution in [-0.4, -0.2) is 59.9 Å². The second-order valence-corrected chi connectivity index (χ2v) is 9.74. The number of fused-ring (bicyclic) bond motifs is 1. The second kappa shape index (κ2) is 10.1. The van der Waals surface area contributed by atoms with E-state index in [-0.39, 0.29) is 30.0 Å². The second-order valence-electron chi connectivity index (χ2n) is 9.74. The number of methoxy groups -OCH3 is 1. The van der Waals surface area contributed by atoms with Crippen LogP contribution < -0.4 is 4.74 Å². The molecule has 2 aliphatic heterocycles. The summed E-state index contributed by atoms with van der Waals surface area (Å²) in [5.41, 5.74) is 3.19. The van der Waals surface area contributed by atoms with Gasteiger partial charge in [0.15, 0.2) is 0 Å². The lowest BCUT2D eigenvalue weighted by molar-refractivity contribution is -0.141. The lowest BCUT2D eigenvalue weighted by atomic mass is 9.88. The first-order valence-corrected chi connectivity index (χ1v) is 12.5. The van der Waals surface area contributed by atoms with E-state index in [1.54, 1.807) is 19.2 Å². The van der Waals surface area contributed by atoms with Crippen molar-refractivity contribution in [2.75, 3.05) is 33.3 Å². The zero-order valence-corrected chi connectivity index (χ0v) is 20.1. The molecule has 1 atom stereocenters. The molecule has 2 aromatic carbocycles. The maximum absolute atomic E-state index is 13.3. The average Bonchev–Trinajstić information content (AvgIpc) is 3.33. The predicted octanol–water partition coefficient (Wildman–Crippen LogP) is 4.50. The minimum Gasteiger partial charge on any atom is -0.497 e. The summed E-state index contributed by atoms with van der Waals surface area (Å²) in [5.74, 6) is 0.973. The van der Waals surface area contributed by atoms with Crippen molar-refractivity contribution in [2.45, 2.75) is 38.0 Å². The van der Waals surface area contributed by atoms with E-state index < -0.39 is 0 Å². The van der Waals surface area contributed by atoms with Crippen LogP contribution in [-0.2, 0) is 16.0 Å². The highest BCUT2D eigenvalue weighted by atomic mass is 19.1. The first-order valence-electron chi connectivity index (χ1n) is 12.5. The van der Waals surface area contributed by atoms with Crippen molar-refractivity contribution in [1.29, 1.82) is 0 Å². The first-order chi connectivity index (χ1) is 17.0. The van der Waals surface area contributed by atoms with Gasteiger partial charge >= 0.3 is 0 Å². The third-order valence-corrected chi connectivity index (χ3v) is 7.56. The number of nitrogens with one attached hydrogen (secondary N) is 1. The highest BCUT2D eigenvalue weighted by molar-refractivity contribution is 5.85. The van der Waals surface area contributed by atoms with Crippen LogP contribution in [0.3, 0.4) is 0 Å². The Morgan fingerprint density at radius 2 is 1.80 bits per heavy atom. The molecule has 0 spiro atoms. The summed E-state index contributed by atoms with van der Waals surface area (Å²) in [7, 11) is 1.68. The third-order valence-electron chi connectivity index (χ3n) is 7.56. The van der Waals surface area contributed by atoms with E-state index in [2.05, 4.69) is 17.2 Å². The van der Waals surface area contributed by atoms with Gasteiger partial charge in [-0.1, -0.05) is 12.1 Å². The lowest BCUT2D eigenvalue weighted by Gasteiger charge is -2.38. The average molecular weight is 478 g/mol. The minimum atomic E-state index is -0.307. The van der Waals surface area contributed by atoms with Gasteiger partial charge in [-0.25, -0.2) is 4.39 Å². The molecular formula is C28H32FN3O3. The minimum absolute atomic E-state index is 0.00239. The number of hydrogen-bond donors (Lipinski definition) is 1. The summed E-state index contributed by atoms with van der Waals surface area (Å²) < 4.78 is 18.6. The van der Waals surface area contributed by atoms with E-state index >= 15 is 0 Å². The van der Waals surface area contributed by atoms with Crippen LogP contribution >= 0.6 is 0 Å². The SMILES string of the molecule is COc1ccc2[nH]cc(C3CCN(C(=O)C4CCCN(C(=O)Cc5ccc(F)cc5)C4)CC3)c2c1. The Labute approximate surface area is 205 Å². The number of piperidine rings is 2. The van der Waals surface area contributed by atoms with Crippen LogP contribution in [0.2, 0.25) is 0 Å². The predicted molar refractivity (Wildman–Crippen MR) is 133 cm³/mol. The molecule has 0 saturated carbocycles. The maximum atomic E-state index is 13.3. The molecule has 3 aromatic rings. The molecule has 2 amide bonds. The van der Waals surface area contributed by atoms with Gasteiger partial charge in [-0.2, -0.15) is 0 Å². The molecule has 6 nitrogen and oxygen atoms in total. The fourth-order valence-corrected chi connectivity index (χ4v) is 5.55. The van der Waals surface area contributed by atoms with Crippen molar-refractivity contribution in [3.05, 3.63) is 65.6 Å². The Hall–Kier alpha value is -3.35. The molecule has 1 unspecified atom stereocenters. The van der Waals surface area contributed by atoms with Gasteiger partial charge in [0.1, 0.15) is 11.6 Å². The zero-order chi connectivity index (χ0) is 24.4. The Bertz CT molecular complexity index is 1200. The molecule has 0 bridgehead atoms. The summed E-state index contributed by atoms with van der Waals surface area (Å²) in [6.07, 6.45) is 5.84. The number of H-pyrrole nitrogens is 1. The summed E-state index contributed by atoms with van der Waals surface area (Å²) in [4.78, 5) is 33.3. The number of likely N-dealkylation sites (tertiary alicyclic amines) is 2. The van der Waals surface area contributed by atoms with Crippen LogP contribution in [0.5, 0.6) is 5.75 Å². The highest BCUT2D eigenvalue weighted by Gasteiger charge is 2.33. The molecule has 7 heteroatoms. The number of aromatic nitrogens is 1. The van der Waals surface area contributed by atoms with E-state index in [0.717, 1.165) is 55.6 Å². The van der Waals surface area contributed by atoms with Gasteiger partial charge in [0, 0.05) is 43.3 Å². The van der Waals surface area contributed by atoms with E-state index in [4.69, 9.17) is 4.74 Å². The molecule has 35 heavy (non-hydrogen) atoms. The monoisotopic (exact) mass is 477 g/mol. The van der Waals surface area contributed by atoms with Crippen molar-refractivity contribution < 1.29 is 18.7 Å². The van der Waals surface area contributed by atoms with E-state index in [1.807, 2.05) is 21.9 Å². The molecule has 2 fully saturated rings. The number of hydrogen-bond acceptors (Lipinski definition) is 3. The molecule has 2 aliphatic rings. The highest BCUT2D eigenvalue weighted by Crippen LogP contribution is 2.35. The topological polar surface area (TPSA) is 65.6 Å². The van der Waals surface area contributed by atoms with Crippen molar-refractivity contribution in [3.8, 4) is 5.75 Å². The van der Waals surface area contributed by atoms with E-state index in [1.165, 1.54) is 23.1 Å². The van der Waals surface area contributed by atoms with Gasteiger partial charge in [-0.15, -0.1) is 0 Å². The fourth-order valence-electron chi connectivity index (χ4n) is 5.55. The van der Waals surface area contributed by atoms with Crippen LogP contribution in [0.15, 0.2) is 48.7 Å². The smallest absolute Gasteiger partial charge is 0.227 e. The third kappa shape index (κ3) is 5.04. The molecule has 5 rings (SSSR count). The number of benzene rings is 2. The van der Waals surface area contributed by atoms with Gasteiger partial charge in [0.25, 0.3) is 0 Å². The number of rotatable bonds is 5. The summed E-state index contributed by atoms with van der Waals surface area (Å²) >= 11 is 0. The normalized spacial score (nSPS) is 19.2. The number of nitrogens with zero attached hydrogens (tertiary/aromatic N) is 2. The number of amides is 2. The number of aromatic amines is 1. The van der Waals surface area contributed by atoms with E-state index in [0.29, 0.717) is 19.0 Å². The van der Waals surface area contributed by atoms with Gasteiger partial charge < -0.3 is 19.5 Å². The summed E-state index contributed by atoms with van der Waals surface area (Å²) in [5, 5.41) is 1.19. The summed E-state index contributed by atoms with van der Waals surface area (Å²) in [6.45, 7) is 2.62. The lowest BCUT2D eigenvalue weighted by Crippen LogP contribution is -2.48. The van der Waals surface area contributed by atoms with Crippen LogP contribution in [0, 0.1) is 11.7 Å². The first kappa shape index (κ1) is 23.4. The Kier molecular flexibility index (Phi) is 6.75. The Balaban J connectivity index is 1.18. The van der Waals surface area contributed by atoms with Gasteiger partial charge in [0.2, 0.25) is 11.8 Å². The van der Waals surface area contributed by atoms with E-state index in [9.17, 15) is 14.0 Å². The zero-order valence-electron chi connectivity index (χ0n) is 20.1. The Morgan fingerprint density at radius 1 is 1.03 bits per heavy atom. The molecular weight excluding hydrogens is 445 g/mol. The number of carbonyl (C=O) groups is 2. The van der Waals surface area contributed by atoms with Gasteiger partial charge in [-0.05, 0) is 73.1 Å². The van der Waals surface area contributed by atoms with Crippen molar-refractivity contribution in [2.24, 2.45) is 5.92 Å². The largest absolute Gasteiger partial charge is 0.497 e. The van der Waals surface area contributed by atoms with Crippen molar-refractivity contribution in [3.63, 3.8) is 0 Å². The number of ether oxygens (including phenoxy) is 1. The van der Waals surface area contributed by atoms with Crippen molar-refractivity contribution in [1.82, 2.24) is 14.8 Å². The maximum Gasteiger partial charge on any atom is 0.227 e. The molecule has 2 saturated heterocycles. The van der Waals surface area contributed by atoms with Crippen LogP contribution in [0.1, 0.15) is 42.7 Å². The molecule has 0 aliphatic carbocycles. The number of carbonyl (C=O) groups excluding carboxylic acids is 2. The van der Waals surface area contributed by atoms with Gasteiger partial charge in [0.05, 0.1) is 19.4 Å². The van der Waals surface area contributed by atoms with Crippen LogP contribution in [0.4, 0.5) is 4.39 Å². The quantitative estimate of drug-likeness (QED) is 0.588. The molecule has 1 N–H and O–H groups in total. The molecule has 1 aromatic heterocycles. The molecule has 3 heterocycles. The van der Waals surface area contributed by atoms with Crippen LogP contribution in [0.25, 0.3) is 10.9 Å². The summed E-state index contributed by atoms with van der Waals surface area (Å²) in [6, 6.07) is 12.1. The van der Waals surface area contributed by atoms with Gasteiger partial charge in [-0.3, -0.25) is 9.59 Å². The van der Waals surface area contributed by atoms with Crippen molar-refractivity contribution >= 4 is 22.7 Å². The molecule has 0 radical (unpaired) electrons. The standard InChI is InChI=1S/C28H32FN3O3/c1-35-23-8-9-26-24(16-23)25(17-30-26)20-10-13-31(14-11-20)28(34)21-3-2-12-32(18-21)27(33)15-19-4-6-22(29)7-5-19/h4-9,16-17,20-21,30H,2-3,10-15,18H2,1H3.